The molecule has 8 nitrogen and oxygen atoms in total. The van der Waals surface area contributed by atoms with Gasteiger partial charge in [0.15, 0.2) is 0 Å². The predicted molar refractivity (Wildman–Crippen MR) is 125 cm³/mol. The number of hydrogen-bond acceptors (Lipinski definition) is 7. The standard InChI is InChI=1S/C23H24N2O6S2/c1-30-12-10-24-33(28,29)23-20(22(27)31-2)18-9-11-25(14-19(18)32-23)21(26)17-8-7-15-5-3-4-6-16(15)13-17/h3-8,13,24H,9-12,14H2,1-2H3. The first kappa shape index (κ1) is 23.4. The molecule has 2 heterocycles. The smallest absolute Gasteiger partial charge is 0.340 e. The molecule has 0 radical (unpaired) electrons. The number of ether oxygens (including phenoxy) is 2. The van der Waals surface area contributed by atoms with E-state index in [1.165, 1.54) is 14.2 Å². The van der Waals surface area contributed by atoms with Gasteiger partial charge in [-0.3, -0.25) is 4.79 Å². The van der Waals surface area contributed by atoms with E-state index < -0.39 is 16.0 Å². The number of rotatable bonds is 7. The molecule has 10 heteroatoms. The maximum atomic E-state index is 13.2. The first-order valence-corrected chi connectivity index (χ1v) is 12.6. The van der Waals surface area contributed by atoms with Gasteiger partial charge < -0.3 is 14.4 Å². The van der Waals surface area contributed by atoms with Gasteiger partial charge in [0, 0.05) is 30.6 Å². The largest absolute Gasteiger partial charge is 0.465 e. The Balaban J connectivity index is 1.64. The average Bonchev–Trinajstić information content (AvgIpc) is 3.22. The second-order valence-electron chi connectivity index (χ2n) is 7.59. The molecule has 3 aromatic rings. The summed E-state index contributed by atoms with van der Waals surface area (Å²) in [5, 5.41) is 2.02. The van der Waals surface area contributed by atoms with Gasteiger partial charge in [0.25, 0.3) is 15.9 Å². The lowest BCUT2D eigenvalue weighted by atomic mass is 10.0. The van der Waals surface area contributed by atoms with Gasteiger partial charge in [0.2, 0.25) is 0 Å². The molecule has 1 amide bonds. The molecule has 0 saturated carbocycles. The number of hydrogen-bond donors (Lipinski definition) is 1. The van der Waals surface area contributed by atoms with Crippen molar-refractivity contribution in [2.75, 3.05) is 33.9 Å². The Labute approximate surface area is 196 Å². The maximum absolute atomic E-state index is 13.2. The van der Waals surface area contributed by atoms with Crippen molar-refractivity contribution >= 4 is 44.0 Å². The van der Waals surface area contributed by atoms with Crippen LogP contribution in [0.2, 0.25) is 0 Å². The van der Waals surface area contributed by atoms with Crippen molar-refractivity contribution in [1.82, 2.24) is 9.62 Å². The number of methoxy groups -OCH3 is 2. The lowest BCUT2D eigenvalue weighted by Crippen LogP contribution is -2.35. The number of carbonyl (C=O) groups is 2. The van der Waals surface area contributed by atoms with Crippen LogP contribution in [0.5, 0.6) is 0 Å². The lowest BCUT2D eigenvalue weighted by molar-refractivity contribution is 0.0595. The van der Waals surface area contributed by atoms with Crippen molar-refractivity contribution in [2.45, 2.75) is 17.2 Å². The Kier molecular flexibility index (Phi) is 6.80. The van der Waals surface area contributed by atoms with E-state index in [2.05, 4.69) is 4.72 Å². The summed E-state index contributed by atoms with van der Waals surface area (Å²) in [7, 11) is -1.25. The van der Waals surface area contributed by atoms with E-state index in [1.54, 1.807) is 11.0 Å². The van der Waals surface area contributed by atoms with Gasteiger partial charge in [-0.2, -0.15) is 0 Å². The Bertz CT molecular complexity index is 1320. The number of esters is 1. The quantitative estimate of drug-likeness (QED) is 0.405. The van der Waals surface area contributed by atoms with Crippen molar-refractivity contribution < 1.29 is 27.5 Å². The second-order valence-corrected chi connectivity index (χ2v) is 10.7. The summed E-state index contributed by atoms with van der Waals surface area (Å²) in [6, 6.07) is 13.4. The van der Waals surface area contributed by atoms with Gasteiger partial charge in [0.1, 0.15) is 4.21 Å². The number of nitrogens with one attached hydrogen (secondary N) is 1. The molecular weight excluding hydrogens is 464 g/mol. The highest BCUT2D eigenvalue weighted by Gasteiger charge is 2.35. The maximum Gasteiger partial charge on any atom is 0.340 e. The van der Waals surface area contributed by atoms with E-state index >= 15 is 0 Å². The summed E-state index contributed by atoms with van der Waals surface area (Å²) in [5.41, 5.74) is 1.25. The fourth-order valence-corrected chi connectivity index (χ4v) is 6.85. The van der Waals surface area contributed by atoms with Gasteiger partial charge in [-0.1, -0.05) is 30.3 Å². The first-order valence-electron chi connectivity index (χ1n) is 10.3. The minimum absolute atomic E-state index is 0.0558. The average molecular weight is 489 g/mol. The van der Waals surface area contributed by atoms with E-state index in [4.69, 9.17) is 9.47 Å². The van der Waals surface area contributed by atoms with Crippen LogP contribution in [0, 0.1) is 0 Å². The van der Waals surface area contributed by atoms with E-state index in [9.17, 15) is 18.0 Å². The molecule has 0 spiro atoms. The van der Waals surface area contributed by atoms with Crippen LogP contribution in [0.1, 0.15) is 31.2 Å². The number of benzene rings is 2. The molecule has 33 heavy (non-hydrogen) atoms. The highest BCUT2D eigenvalue weighted by Crippen LogP contribution is 2.37. The third-order valence-corrected chi connectivity index (χ3v) is 8.74. The minimum atomic E-state index is -3.94. The number of fused-ring (bicyclic) bond motifs is 2. The van der Waals surface area contributed by atoms with Crippen LogP contribution in [-0.4, -0.2) is 59.1 Å². The number of sulfonamides is 1. The SMILES string of the molecule is COCCNS(=O)(=O)c1sc2c(c1C(=O)OC)CCN(C(=O)c1ccc3ccccc3c1)C2. The minimum Gasteiger partial charge on any atom is -0.465 e. The molecule has 1 aliphatic heterocycles. The molecule has 1 N–H and O–H groups in total. The second kappa shape index (κ2) is 9.60. The van der Waals surface area contributed by atoms with E-state index in [0.717, 1.165) is 22.1 Å². The normalized spacial score (nSPS) is 13.7. The molecule has 0 atom stereocenters. The molecule has 1 aliphatic rings. The van der Waals surface area contributed by atoms with Crippen LogP contribution < -0.4 is 4.72 Å². The van der Waals surface area contributed by atoms with E-state index in [0.29, 0.717) is 29.0 Å². The zero-order chi connectivity index (χ0) is 23.6. The third kappa shape index (κ3) is 4.65. The number of carbonyl (C=O) groups excluding carboxylic acids is 2. The van der Waals surface area contributed by atoms with Gasteiger partial charge in [-0.05, 0) is 34.9 Å². The Morgan fingerprint density at radius 1 is 1.12 bits per heavy atom. The van der Waals surface area contributed by atoms with Crippen LogP contribution in [0.15, 0.2) is 46.7 Å². The Morgan fingerprint density at radius 2 is 1.88 bits per heavy atom. The lowest BCUT2D eigenvalue weighted by Gasteiger charge is -2.27. The van der Waals surface area contributed by atoms with E-state index in [1.807, 2.05) is 36.4 Å². The summed E-state index contributed by atoms with van der Waals surface area (Å²) in [4.78, 5) is 28.0. The summed E-state index contributed by atoms with van der Waals surface area (Å²) in [5.74, 6) is -0.837. The van der Waals surface area contributed by atoms with Gasteiger partial charge in [0.05, 0.1) is 25.8 Å². The molecule has 0 bridgehead atoms. The van der Waals surface area contributed by atoms with Gasteiger partial charge in [-0.25, -0.2) is 17.9 Å². The van der Waals surface area contributed by atoms with Crippen molar-refractivity contribution in [3.05, 3.63) is 64.0 Å². The Hall–Kier alpha value is -2.79. The molecule has 0 saturated heterocycles. The predicted octanol–water partition coefficient (Wildman–Crippen LogP) is 2.81. The Morgan fingerprint density at radius 3 is 2.61 bits per heavy atom. The van der Waals surface area contributed by atoms with Crippen molar-refractivity contribution in [1.29, 1.82) is 0 Å². The van der Waals surface area contributed by atoms with Crippen LogP contribution in [0.3, 0.4) is 0 Å². The number of amides is 1. The molecule has 0 fully saturated rings. The van der Waals surface area contributed by atoms with Crippen molar-refractivity contribution in [3.63, 3.8) is 0 Å². The highest BCUT2D eigenvalue weighted by molar-refractivity contribution is 7.91. The van der Waals surface area contributed by atoms with Crippen LogP contribution in [-0.2, 0) is 32.5 Å². The fraction of sp³-hybridized carbons (Fsp3) is 0.304. The van der Waals surface area contributed by atoms with Crippen molar-refractivity contribution in [3.8, 4) is 0 Å². The monoisotopic (exact) mass is 488 g/mol. The zero-order valence-corrected chi connectivity index (χ0v) is 19.9. The summed E-state index contributed by atoms with van der Waals surface area (Å²) >= 11 is 1.00. The number of nitrogens with zero attached hydrogens (tertiary/aromatic N) is 1. The molecule has 0 unspecified atom stereocenters. The summed E-state index contributed by atoms with van der Waals surface area (Å²) in [6.07, 6.45) is 0.364. The highest BCUT2D eigenvalue weighted by atomic mass is 32.2. The van der Waals surface area contributed by atoms with Crippen LogP contribution >= 0.6 is 11.3 Å². The van der Waals surface area contributed by atoms with Crippen LogP contribution in [0.25, 0.3) is 10.8 Å². The third-order valence-electron chi connectivity index (χ3n) is 5.54. The number of thiophene rings is 1. The molecule has 1 aromatic heterocycles. The molecular formula is C23H24N2O6S2. The molecule has 174 valence electrons. The summed E-state index contributed by atoms with van der Waals surface area (Å²) < 4.78 is 37.9. The van der Waals surface area contributed by atoms with Gasteiger partial charge >= 0.3 is 5.97 Å². The summed E-state index contributed by atoms with van der Waals surface area (Å²) in [6.45, 7) is 0.875. The molecule has 0 aliphatic carbocycles. The van der Waals surface area contributed by atoms with Crippen molar-refractivity contribution in [2.24, 2.45) is 0 Å². The fourth-order valence-electron chi connectivity index (χ4n) is 3.90. The zero-order valence-electron chi connectivity index (χ0n) is 18.3. The molecule has 4 rings (SSSR count). The van der Waals surface area contributed by atoms with Crippen LogP contribution in [0.4, 0.5) is 0 Å². The topological polar surface area (TPSA) is 102 Å². The first-order chi connectivity index (χ1) is 15.9. The molecule has 2 aromatic carbocycles. The van der Waals surface area contributed by atoms with Gasteiger partial charge in [-0.15, -0.1) is 11.3 Å². The van der Waals surface area contributed by atoms with E-state index in [-0.39, 0.29) is 35.4 Å².